The maximum Gasteiger partial charge on any atom is 0.239 e. The van der Waals surface area contributed by atoms with Gasteiger partial charge in [0.2, 0.25) is 5.91 Å². The Morgan fingerprint density at radius 1 is 1.60 bits per heavy atom. The number of methoxy groups -OCH3 is 1. The van der Waals surface area contributed by atoms with Crippen molar-refractivity contribution in [3.8, 4) is 0 Å². The zero-order valence-corrected chi connectivity index (χ0v) is 13.9. The summed E-state index contributed by atoms with van der Waals surface area (Å²) >= 11 is 1.60. The van der Waals surface area contributed by atoms with E-state index in [4.69, 9.17) is 10.5 Å². The summed E-state index contributed by atoms with van der Waals surface area (Å²) in [5.41, 5.74) is 6.72. The summed E-state index contributed by atoms with van der Waals surface area (Å²) in [5.74, 6) is 0.343. The monoisotopic (exact) mass is 341 g/mol. The molecule has 0 bridgehead atoms. The molecule has 0 radical (unpaired) electrons. The van der Waals surface area contributed by atoms with Crippen LogP contribution < -0.4 is 11.1 Å². The quantitative estimate of drug-likeness (QED) is 0.827. The standard InChI is InChI=1S/C12H19N3O2S.2ClH/c1-7-6-18-12(14-7)10(8-3-4-8)15-11(16)9(13)5-17-2;;/h6,8-10H,3-5,13H2,1-2H3,(H,15,16);2*1H. The van der Waals surface area contributed by atoms with Gasteiger partial charge in [0, 0.05) is 18.2 Å². The molecule has 1 heterocycles. The molecular formula is C12H21Cl2N3O2S. The predicted octanol–water partition coefficient (Wildman–Crippen LogP) is 1.84. The fourth-order valence-electron chi connectivity index (χ4n) is 1.84. The maximum absolute atomic E-state index is 11.9. The molecule has 2 rings (SSSR count). The van der Waals surface area contributed by atoms with Gasteiger partial charge in [0.15, 0.2) is 0 Å². The van der Waals surface area contributed by atoms with Gasteiger partial charge in [-0.1, -0.05) is 0 Å². The average Bonchev–Trinajstić information content (AvgIpc) is 3.08. The third-order valence-electron chi connectivity index (χ3n) is 2.98. The highest BCUT2D eigenvalue weighted by Gasteiger charge is 2.35. The second-order valence-corrected chi connectivity index (χ2v) is 5.60. The van der Waals surface area contributed by atoms with Crippen LogP contribution in [0.25, 0.3) is 0 Å². The van der Waals surface area contributed by atoms with Crippen LogP contribution in [-0.4, -0.2) is 30.6 Å². The van der Waals surface area contributed by atoms with Crippen molar-refractivity contribution in [1.29, 1.82) is 0 Å². The number of halogens is 2. The molecule has 1 aromatic rings. The maximum atomic E-state index is 11.9. The molecule has 1 amide bonds. The van der Waals surface area contributed by atoms with E-state index in [0.717, 1.165) is 23.5 Å². The second-order valence-electron chi connectivity index (χ2n) is 4.71. The van der Waals surface area contributed by atoms with Crippen molar-refractivity contribution in [2.24, 2.45) is 11.7 Å². The molecule has 1 aliphatic carbocycles. The number of aryl methyl sites for hydroxylation is 1. The molecule has 1 aromatic heterocycles. The number of hydrogen-bond acceptors (Lipinski definition) is 5. The van der Waals surface area contributed by atoms with E-state index in [2.05, 4.69) is 10.3 Å². The summed E-state index contributed by atoms with van der Waals surface area (Å²) in [6.45, 7) is 2.20. The topological polar surface area (TPSA) is 77.2 Å². The summed E-state index contributed by atoms with van der Waals surface area (Å²) in [4.78, 5) is 16.4. The molecule has 2 atom stereocenters. The lowest BCUT2D eigenvalue weighted by molar-refractivity contribution is -0.124. The second kappa shape index (κ2) is 8.79. The highest BCUT2D eigenvalue weighted by Crippen LogP contribution is 2.41. The van der Waals surface area contributed by atoms with Crippen molar-refractivity contribution < 1.29 is 9.53 Å². The Kier molecular flexibility index (Phi) is 8.62. The van der Waals surface area contributed by atoms with Crippen molar-refractivity contribution in [2.75, 3.05) is 13.7 Å². The summed E-state index contributed by atoms with van der Waals surface area (Å²) in [6.07, 6.45) is 2.28. The first kappa shape index (κ1) is 19.6. The Balaban J connectivity index is 0.00000180. The molecule has 20 heavy (non-hydrogen) atoms. The van der Waals surface area contributed by atoms with Crippen LogP contribution in [-0.2, 0) is 9.53 Å². The van der Waals surface area contributed by atoms with Crippen molar-refractivity contribution in [3.05, 3.63) is 16.1 Å². The van der Waals surface area contributed by atoms with Gasteiger partial charge >= 0.3 is 0 Å². The van der Waals surface area contributed by atoms with Crippen molar-refractivity contribution in [1.82, 2.24) is 10.3 Å². The summed E-state index contributed by atoms with van der Waals surface area (Å²) < 4.78 is 4.89. The van der Waals surface area contributed by atoms with Crippen LogP contribution in [0.4, 0.5) is 0 Å². The molecule has 5 nitrogen and oxygen atoms in total. The minimum absolute atomic E-state index is 0. The molecule has 0 aromatic carbocycles. The number of carbonyl (C=O) groups is 1. The number of hydrogen-bond donors (Lipinski definition) is 2. The van der Waals surface area contributed by atoms with Crippen molar-refractivity contribution in [2.45, 2.75) is 31.8 Å². The predicted molar refractivity (Wildman–Crippen MR) is 84.8 cm³/mol. The van der Waals surface area contributed by atoms with Gasteiger partial charge in [-0.05, 0) is 25.7 Å². The van der Waals surface area contributed by atoms with Crippen LogP contribution >= 0.6 is 36.2 Å². The minimum Gasteiger partial charge on any atom is -0.383 e. The minimum atomic E-state index is -0.614. The SMILES string of the molecule is COCC(N)C(=O)NC(c1nc(C)cs1)C1CC1.Cl.Cl. The first-order valence-corrected chi connectivity index (χ1v) is 6.96. The number of ether oxygens (including phenoxy) is 1. The van der Waals surface area contributed by atoms with Crippen LogP contribution in [0, 0.1) is 12.8 Å². The first-order chi connectivity index (χ1) is 8.61. The Labute approximate surface area is 135 Å². The van der Waals surface area contributed by atoms with E-state index in [1.807, 2.05) is 12.3 Å². The Bertz CT molecular complexity index is 427. The van der Waals surface area contributed by atoms with Crippen LogP contribution in [0.15, 0.2) is 5.38 Å². The van der Waals surface area contributed by atoms with Crippen molar-refractivity contribution >= 4 is 42.1 Å². The Hall–Kier alpha value is -0.400. The Morgan fingerprint density at radius 2 is 2.25 bits per heavy atom. The van der Waals surface area contributed by atoms with E-state index in [9.17, 15) is 4.79 Å². The molecule has 116 valence electrons. The number of carbonyl (C=O) groups excluding carboxylic acids is 1. The molecule has 2 unspecified atom stereocenters. The third-order valence-corrected chi connectivity index (χ3v) is 4.02. The fourth-order valence-corrected chi connectivity index (χ4v) is 2.78. The van der Waals surface area contributed by atoms with Gasteiger partial charge in [0.25, 0.3) is 0 Å². The van der Waals surface area contributed by atoms with Gasteiger partial charge in [-0.25, -0.2) is 4.98 Å². The molecule has 0 saturated heterocycles. The van der Waals surface area contributed by atoms with Crippen LogP contribution in [0.5, 0.6) is 0 Å². The normalized spacial score (nSPS) is 16.6. The molecule has 1 aliphatic rings. The van der Waals surface area contributed by atoms with Crippen molar-refractivity contribution in [3.63, 3.8) is 0 Å². The molecule has 3 N–H and O–H groups in total. The van der Waals surface area contributed by atoms with E-state index in [1.54, 1.807) is 11.3 Å². The van der Waals surface area contributed by atoms with Crippen LogP contribution in [0.3, 0.4) is 0 Å². The van der Waals surface area contributed by atoms with Gasteiger partial charge in [0.1, 0.15) is 11.0 Å². The fraction of sp³-hybridized carbons (Fsp3) is 0.667. The largest absolute Gasteiger partial charge is 0.383 e. The highest BCUT2D eigenvalue weighted by atomic mass is 35.5. The number of nitrogens with one attached hydrogen (secondary N) is 1. The van der Waals surface area contributed by atoms with Gasteiger partial charge in [-0.3, -0.25) is 4.79 Å². The molecule has 1 saturated carbocycles. The van der Waals surface area contributed by atoms with E-state index in [1.165, 1.54) is 7.11 Å². The number of nitrogens with zero attached hydrogens (tertiary/aromatic N) is 1. The molecule has 0 spiro atoms. The number of nitrogens with two attached hydrogens (primary N) is 1. The summed E-state index contributed by atoms with van der Waals surface area (Å²) in [7, 11) is 1.54. The summed E-state index contributed by atoms with van der Waals surface area (Å²) in [5, 5.41) is 5.98. The molecule has 0 aliphatic heterocycles. The smallest absolute Gasteiger partial charge is 0.239 e. The lowest BCUT2D eigenvalue weighted by Crippen LogP contribution is -2.45. The lowest BCUT2D eigenvalue weighted by Gasteiger charge is -2.18. The number of amides is 1. The van der Waals surface area contributed by atoms with E-state index in [0.29, 0.717) is 5.92 Å². The van der Waals surface area contributed by atoms with E-state index in [-0.39, 0.29) is 43.4 Å². The van der Waals surface area contributed by atoms with Crippen LogP contribution in [0.1, 0.15) is 29.6 Å². The molecule has 8 heteroatoms. The zero-order chi connectivity index (χ0) is 13.1. The number of aromatic nitrogens is 1. The van der Waals surface area contributed by atoms with E-state index >= 15 is 0 Å². The van der Waals surface area contributed by atoms with Crippen LogP contribution in [0.2, 0.25) is 0 Å². The first-order valence-electron chi connectivity index (χ1n) is 6.08. The average molecular weight is 342 g/mol. The number of thiazole rings is 1. The Morgan fingerprint density at radius 3 is 2.70 bits per heavy atom. The van der Waals surface area contributed by atoms with Gasteiger partial charge < -0.3 is 15.8 Å². The van der Waals surface area contributed by atoms with Gasteiger partial charge in [0.05, 0.1) is 12.6 Å². The number of rotatable bonds is 6. The van der Waals surface area contributed by atoms with Gasteiger partial charge in [-0.15, -0.1) is 36.2 Å². The highest BCUT2D eigenvalue weighted by molar-refractivity contribution is 7.09. The lowest BCUT2D eigenvalue weighted by atomic mass is 10.1. The molecular weight excluding hydrogens is 321 g/mol. The summed E-state index contributed by atoms with van der Waals surface area (Å²) in [6, 6.07) is -0.601. The van der Waals surface area contributed by atoms with Gasteiger partial charge in [-0.2, -0.15) is 0 Å². The zero-order valence-electron chi connectivity index (χ0n) is 11.5. The third kappa shape index (κ3) is 5.18. The molecule has 1 fully saturated rings. The van der Waals surface area contributed by atoms with E-state index < -0.39 is 6.04 Å².